The number of fused-ring (bicyclic) bond motifs is 1. The fraction of sp³-hybridized carbons (Fsp3) is 0.500. The van der Waals surface area contributed by atoms with E-state index in [2.05, 4.69) is 22.6 Å². The van der Waals surface area contributed by atoms with E-state index >= 15 is 0 Å². The molecule has 2 amide bonds. The van der Waals surface area contributed by atoms with Gasteiger partial charge in [-0.1, -0.05) is 55.5 Å². The largest absolute Gasteiger partial charge is 0.376 e. The first-order chi connectivity index (χ1) is 17.3. The van der Waals surface area contributed by atoms with E-state index in [9.17, 15) is 9.59 Å². The van der Waals surface area contributed by atoms with Gasteiger partial charge in [0.2, 0.25) is 11.8 Å². The van der Waals surface area contributed by atoms with Gasteiger partial charge in [-0.2, -0.15) is 0 Å². The van der Waals surface area contributed by atoms with Crippen LogP contribution in [-0.2, 0) is 27.3 Å². The number of para-hydroxylation sites is 1. The van der Waals surface area contributed by atoms with E-state index in [1.54, 1.807) is 9.58 Å². The van der Waals surface area contributed by atoms with Crippen molar-refractivity contribution in [2.75, 3.05) is 13.2 Å². The average molecular weight is 492 g/mol. The molecular weight excluding hydrogens is 454 g/mol. The summed E-state index contributed by atoms with van der Waals surface area (Å²) in [6, 6.07) is 14.7. The standard InChI is InChI=1S/C28H37N5O3/c1-5-20-13-15-21(16-14-20)26(27(35)29-28(3,4)6-2)32(18-22-10-9-17-36-22)25(34)19-33-24-12-8-7-11-23(24)30-31-33/h7-8,11-16,22,26H,5-6,9-10,17-19H2,1-4H3,(H,29,35)/t22-,26-/m1/s1. The van der Waals surface area contributed by atoms with Gasteiger partial charge in [-0.15, -0.1) is 5.10 Å². The Morgan fingerprint density at radius 3 is 2.58 bits per heavy atom. The normalized spacial score (nSPS) is 16.7. The summed E-state index contributed by atoms with van der Waals surface area (Å²) in [7, 11) is 0. The maximum Gasteiger partial charge on any atom is 0.247 e. The summed E-state index contributed by atoms with van der Waals surface area (Å²) in [4.78, 5) is 29.4. The van der Waals surface area contributed by atoms with Crippen LogP contribution in [0.2, 0.25) is 0 Å². The Bertz CT molecular complexity index is 1180. The number of hydrogen-bond acceptors (Lipinski definition) is 5. The van der Waals surface area contributed by atoms with Gasteiger partial charge in [-0.25, -0.2) is 4.68 Å². The molecule has 1 aromatic heterocycles. The van der Waals surface area contributed by atoms with Crippen molar-refractivity contribution in [1.29, 1.82) is 0 Å². The average Bonchev–Trinajstić information content (AvgIpc) is 3.54. The third-order valence-corrected chi connectivity index (χ3v) is 7.06. The second kappa shape index (κ2) is 11.2. The molecule has 0 radical (unpaired) electrons. The number of aromatic nitrogens is 3. The molecule has 1 saturated heterocycles. The fourth-order valence-electron chi connectivity index (χ4n) is 4.51. The number of ether oxygens (including phenoxy) is 1. The van der Waals surface area contributed by atoms with Crippen molar-refractivity contribution in [2.45, 2.75) is 77.6 Å². The molecule has 0 aliphatic carbocycles. The Hall–Kier alpha value is -3.26. The number of amides is 2. The molecule has 0 saturated carbocycles. The van der Waals surface area contributed by atoms with E-state index in [1.807, 2.05) is 69.3 Å². The smallest absolute Gasteiger partial charge is 0.247 e. The van der Waals surface area contributed by atoms with Crippen molar-refractivity contribution in [1.82, 2.24) is 25.2 Å². The van der Waals surface area contributed by atoms with Crippen LogP contribution in [0.15, 0.2) is 48.5 Å². The number of rotatable bonds is 10. The van der Waals surface area contributed by atoms with E-state index in [1.165, 1.54) is 5.56 Å². The third kappa shape index (κ3) is 5.93. The summed E-state index contributed by atoms with van der Waals surface area (Å²) in [6.07, 6.45) is 3.37. The molecule has 8 nitrogen and oxygen atoms in total. The summed E-state index contributed by atoms with van der Waals surface area (Å²) in [5, 5.41) is 11.6. The highest BCUT2D eigenvalue weighted by molar-refractivity contribution is 5.89. The Morgan fingerprint density at radius 1 is 1.17 bits per heavy atom. The number of benzene rings is 2. The third-order valence-electron chi connectivity index (χ3n) is 7.06. The molecular formula is C28H37N5O3. The summed E-state index contributed by atoms with van der Waals surface area (Å²) >= 11 is 0. The quantitative estimate of drug-likeness (QED) is 0.462. The van der Waals surface area contributed by atoms with Gasteiger partial charge in [-0.05, 0) is 62.8 Å². The Kier molecular flexibility index (Phi) is 8.04. The van der Waals surface area contributed by atoms with Gasteiger partial charge >= 0.3 is 0 Å². The second-order valence-electron chi connectivity index (χ2n) is 10.1. The molecule has 0 unspecified atom stereocenters. The van der Waals surface area contributed by atoms with Gasteiger partial charge in [0.05, 0.1) is 11.6 Å². The molecule has 3 aromatic rings. The lowest BCUT2D eigenvalue weighted by atomic mass is 9.97. The minimum atomic E-state index is -0.784. The number of nitrogens with zero attached hydrogens (tertiary/aromatic N) is 4. The van der Waals surface area contributed by atoms with Gasteiger partial charge in [-0.3, -0.25) is 9.59 Å². The SMILES string of the molecule is CCc1ccc([C@H](C(=O)NC(C)(C)CC)N(C[C@H]2CCCO2)C(=O)Cn2nnc3ccccc32)cc1. The van der Waals surface area contributed by atoms with Crippen molar-refractivity contribution in [3.8, 4) is 0 Å². The van der Waals surface area contributed by atoms with E-state index in [4.69, 9.17) is 4.74 Å². The first-order valence-corrected chi connectivity index (χ1v) is 12.9. The monoisotopic (exact) mass is 491 g/mol. The zero-order chi connectivity index (χ0) is 25.7. The van der Waals surface area contributed by atoms with Crippen LogP contribution in [0.4, 0.5) is 0 Å². The van der Waals surface area contributed by atoms with Crippen LogP contribution in [0.5, 0.6) is 0 Å². The van der Waals surface area contributed by atoms with Crippen molar-refractivity contribution >= 4 is 22.8 Å². The lowest BCUT2D eigenvalue weighted by molar-refractivity contribution is -0.144. The molecule has 1 aliphatic rings. The molecule has 1 fully saturated rings. The summed E-state index contributed by atoms with van der Waals surface area (Å²) in [5.41, 5.74) is 3.07. The first kappa shape index (κ1) is 25.8. The number of hydrogen-bond donors (Lipinski definition) is 1. The molecule has 2 atom stereocenters. The van der Waals surface area contributed by atoms with E-state index in [-0.39, 0.29) is 24.5 Å². The van der Waals surface area contributed by atoms with Gasteiger partial charge in [0, 0.05) is 18.7 Å². The van der Waals surface area contributed by atoms with Crippen LogP contribution in [0.25, 0.3) is 11.0 Å². The predicted molar refractivity (Wildman–Crippen MR) is 139 cm³/mol. The lowest BCUT2D eigenvalue weighted by Gasteiger charge is -2.35. The molecule has 2 heterocycles. The highest BCUT2D eigenvalue weighted by Crippen LogP contribution is 2.27. The van der Waals surface area contributed by atoms with Crippen LogP contribution in [0.3, 0.4) is 0 Å². The molecule has 2 aromatic carbocycles. The fourth-order valence-corrected chi connectivity index (χ4v) is 4.51. The van der Waals surface area contributed by atoms with Crippen molar-refractivity contribution in [3.05, 3.63) is 59.7 Å². The maximum absolute atomic E-state index is 13.9. The summed E-state index contributed by atoms with van der Waals surface area (Å²) in [6.45, 7) is 9.12. The molecule has 4 rings (SSSR count). The van der Waals surface area contributed by atoms with Crippen molar-refractivity contribution in [2.24, 2.45) is 0 Å². The minimum Gasteiger partial charge on any atom is -0.376 e. The van der Waals surface area contributed by atoms with Gasteiger partial charge < -0.3 is 15.0 Å². The van der Waals surface area contributed by atoms with E-state index < -0.39 is 11.6 Å². The molecule has 1 aliphatic heterocycles. The second-order valence-corrected chi connectivity index (χ2v) is 10.1. The molecule has 192 valence electrons. The zero-order valence-corrected chi connectivity index (χ0v) is 21.7. The molecule has 1 N–H and O–H groups in total. The van der Waals surface area contributed by atoms with Crippen molar-refractivity contribution < 1.29 is 14.3 Å². The van der Waals surface area contributed by atoms with Gasteiger partial charge in [0.15, 0.2) is 0 Å². The highest BCUT2D eigenvalue weighted by Gasteiger charge is 2.36. The number of carbonyl (C=O) groups is 2. The Balaban J connectivity index is 1.71. The van der Waals surface area contributed by atoms with E-state index in [0.29, 0.717) is 13.2 Å². The van der Waals surface area contributed by atoms with Gasteiger partial charge in [0.25, 0.3) is 0 Å². The topological polar surface area (TPSA) is 89.4 Å². The number of nitrogens with one attached hydrogen (secondary N) is 1. The van der Waals surface area contributed by atoms with Crippen LogP contribution in [0, 0.1) is 0 Å². The molecule has 0 bridgehead atoms. The number of aryl methyl sites for hydroxylation is 1. The molecule has 36 heavy (non-hydrogen) atoms. The Morgan fingerprint density at radius 2 is 1.92 bits per heavy atom. The maximum atomic E-state index is 13.9. The predicted octanol–water partition coefficient (Wildman–Crippen LogP) is 4.05. The molecule has 8 heteroatoms. The van der Waals surface area contributed by atoms with E-state index in [0.717, 1.165) is 42.3 Å². The summed E-state index contributed by atoms with van der Waals surface area (Å²) < 4.78 is 7.51. The van der Waals surface area contributed by atoms with Crippen LogP contribution in [0.1, 0.15) is 64.1 Å². The van der Waals surface area contributed by atoms with Crippen LogP contribution in [-0.4, -0.2) is 56.5 Å². The number of carbonyl (C=O) groups excluding carboxylic acids is 2. The van der Waals surface area contributed by atoms with Crippen molar-refractivity contribution in [3.63, 3.8) is 0 Å². The summed E-state index contributed by atoms with van der Waals surface area (Å²) in [5.74, 6) is -0.393. The Labute approximate surface area is 213 Å². The van der Waals surface area contributed by atoms with Gasteiger partial charge in [0.1, 0.15) is 18.1 Å². The zero-order valence-electron chi connectivity index (χ0n) is 21.7. The van der Waals surface area contributed by atoms with Crippen LogP contribution >= 0.6 is 0 Å². The molecule has 0 spiro atoms. The first-order valence-electron chi connectivity index (χ1n) is 12.9. The highest BCUT2D eigenvalue weighted by atomic mass is 16.5. The minimum absolute atomic E-state index is 0.0127. The van der Waals surface area contributed by atoms with Crippen LogP contribution < -0.4 is 5.32 Å². The lowest BCUT2D eigenvalue weighted by Crippen LogP contribution is -2.52.